The van der Waals surface area contributed by atoms with Gasteiger partial charge in [-0.2, -0.15) is 26.3 Å². The molecule has 84 valence electrons. The van der Waals surface area contributed by atoms with E-state index >= 15 is 0 Å². The molecule has 3 nitrogen and oxygen atoms in total. The van der Waals surface area contributed by atoms with Crippen LogP contribution in [0.3, 0.4) is 0 Å². The predicted molar refractivity (Wildman–Crippen MR) is 32.2 cm³/mol. The van der Waals surface area contributed by atoms with Crippen molar-refractivity contribution in [3.63, 3.8) is 0 Å². The topological polar surface area (TPSA) is 54.4 Å². The molecule has 0 aromatic carbocycles. The van der Waals surface area contributed by atoms with Crippen molar-refractivity contribution in [1.82, 2.24) is 0 Å². The van der Waals surface area contributed by atoms with Gasteiger partial charge in [-0.1, -0.05) is 0 Å². The zero-order valence-electron chi connectivity index (χ0n) is 6.19. The lowest BCUT2D eigenvalue weighted by Crippen LogP contribution is -2.27. The molecule has 0 aliphatic heterocycles. The minimum absolute atomic E-state index is 2.41. The molecule has 0 unspecified atom stereocenters. The zero-order valence-corrected chi connectivity index (χ0v) is 7.08. The van der Waals surface area contributed by atoms with Gasteiger partial charge in [-0.05, 0) is 0 Å². The Labute approximate surface area is 73.1 Å². The van der Waals surface area contributed by atoms with E-state index in [0.29, 0.717) is 0 Å². The minimum Gasteiger partial charge on any atom is -0.481 e. The molecule has 14 heavy (non-hydrogen) atoms. The van der Waals surface area contributed by atoms with Crippen LogP contribution in [0.15, 0.2) is 0 Å². The molecule has 0 spiro atoms. The van der Waals surface area contributed by atoms with E-state index in [0.717, 1.165) is 0 Å². The highest BCUT2D eigenvalue weighted by molar-refractivity contribution is 7.66. The summed E-state index contributed by atoms with van der Waals surface area (Å²) in [5.74, 6) is -14.6. The lowest BCUT2D eigenvalue weighted by molar-refractivity contribution is -0.136. The molecule has 0 saturated carbocycles. The normalized spacial score (nSPS) is 14.1. The van der Waals surface area contributed by atoms with E-state index < -0.39 is 31.1 Å². The van der Waals surface area contributed by atoms with Crippen molar-refractivity contribution in [2.75, 3.05) is 6.16 Å². The smallest absolute Gasteiger partial charge is 0.449 e. The van der Waals surface area contributed by atoms with Crippen LogP contribution >= 0.6 is 7.14 Å². The summed E-state index contributed by atoms with van der Waals surface area (Å²) in [5.41, 5.74) is 0. The van der Waals surface area contributed by atoms with Crippen molar-refractivity contribution in [1.29, 1.82) is 0 Å². The number of hydrogen-bond donors (Lipinski definition) is 1. The van der Waals surface area contributed by atoms with Crippen LogP contribution < -0.4 is 0 Å². The Morgan fingerprint density at radius 1 is 1.07 bits per heavy atom. The summed E-state index contributed by atoms with van der Waals surface area (Å²) < 4.78 is 80.7. The first-order valence-electron chi connectivity index (χ1n) is 2.86. The number of halogens is 6. The van der Waals surface area contributed by atoms with Crippen LogP contribution in [0.25, 0.3) is 0 Å². The van der Waals surface area contributed by atoms with Crippen LogP contribution in [0, 0.1) is 0 Å². The molecule has 0 fully saturated rings. The van der Waals surface area contributed by atoms with Crippen LogP contribution in [0.5, 0.6) is 0 Å². The number of carboxylic acid groups (broad SMARTS) is 1. The van der Waals surface area contributed by atoms with E-state index in [1.807, 2.05) is 0 Å². The van der Waals surface area contributed by atoms with Crippen LogP contribution in [0.2, 0.25) is 0 Å². The maximum absolute atomic E-state index is 11.7. The van der Waals surface area contributed by atoms with E-state index in [4.69, 9.17) is 5.11 Å². The van der Waals surface area contributed by atoms with Crippen LogP contribution in [-0.2, 0) is 9.36 Å². The SMILES string of the molecule is O=C(O)CP(=O)(C(F)(F)F)C(F)(F)F. The molecule has 0 amide bonds. The Kier molecular flexibility index (Phi) is 3.27. The summed E-state index contributed by atoms with van der Waals surface area (Å²) in [5, 5.41) is 7.80. The quantitative estimate of drug-likeness (QED) is 0.599. The Hall–Kier alpha value is -0.720. The van der Waals surface area contributed by atoms with E-state index in [1.54, 1.807) is 0 Å². The van der Waals surface area contributed by atoms with Gasteiger partial charge in [0.1, 0.15) is 6.16 Å². The fraction of sp³-hybridized carbons (Fsp3) is 0.750. The number of carboxylic acids is 1. The van der Waals surface area contributed by atoms with Crippen LogP contribution in [-0.4, -0.2) is 29.1 Å². The number of rotatable bonds is 2. The molecule has 0 aliphatic rings. The highest BCUT2D eigenvalue weighted by Gasteiger charge is 2.68. The fourth-order valence-corrected chi connectivity index (χ4v) is 1.54. The molecule has 0 rings (SSSR count). The summed E-state index contributed by atoms with van der Waals surface area (Å²) in [7, 11) is -6.74. The maximum Gasteiger partial charge on any atom is 0.449 e. The minimum atomic E-state index is -6.74. The lowest BCUT2D eigenvalue weighted by Gasteiger charge is -2.21. The Balaban J connectivity index is 5.30. The molecule has 0 atom stereocenters. The standard InChI is InChI=1S/C4H3F6O3P/c5-3(6,7)14(13,1-2(11)12)4(8,9)10/h1H2,(H,11,12). The second-order valence-electron chi connectivity index (χ2n) is 2.23. The third kappa shape index (κ3) is 2.40. The van der Waals surface area contributed by atoms with Gasteiger partial charge in [-0.15, -0.1) is 0 Å². The molecule has 0 aliphatic carbocycles. The summed E-state index contributed by atoms with van der Waals surface area (Å²) in [4.78, 5) is 9.74. The first-order chi connectivity index (χ1) is 5.92. The summed E-state index contributed by atoms with van der Waals surface area (Å²) in [6.07, 6.45) is -2.47. The van der Waals surface area contributed by atoms with Crippen LogP contribution in [0.1, 0.15) is 0 Å². The average molecular weight is 244 g/mol. The summed E-state index contributed by atoms with van der Waals surface area (Å²) >= 11 is 0. The van der Waals surface area contributed by atoms with Gasteiger partial charge in [0.25, 0.3) is 0 Å². The maximum atomic E-state index is 11.7. The summed E-state index contributed by atoms with van der Waals surface area (Å²) in [6.45, 7) is 0. The Morgan fingerprint density at radius 2 is 1.36 bits per heavy atom. The fourth-order valence-electron chi connectivity index (χ4n) is 0.514. The van der Waals surface area contributed by atoms with Gasteiger partial charge in [0.2, 0.25) is 0 Å². The predicted octanol–water partition coefficient (Wildman–Crippen LogP) is 2.47. The number of carbonyl (C=O) groups is 1. The lowest BCUT2D eigenvalue weighted by atomic mass is 10.8. The third-order valence-electron chi connectivity index (χ3n) is 1.18. The highest BCUT2D eigenvalue weighted by atomic mass is 31.2. The Morgan fingerprint density at radius 3 is 1.43 bits per heavy atom. The molecule has 0 aromatic rings. The van der Waals surface area contributed by atoms with E-state index in [2.05, 4.69) is 0 Å². The number of alkyl halides is 6. The summed E-state index contributed by atoms with van der Waals surface area (Å²) in [6, 6.07) is 0. The Bertz CT molecular complexity index is 260. The molecular weight excluding hydrogens is 241 g/mol. The average Bonchev–Trinajstić information content (AvgIpc) is 1.79. The molecule has 1 N–H and O–H groups in total. The molecule has 0 radical (unpaired) electrons. The largest absolute Gasteiger partial charge is 0.481 e. The van der Waals surface area contributed by atoms with Gasteiger partial charge in [0.05, 0.1) is 0 Å². The zero-order chi connectivity index (χ0) is 11.8. The van der Waals surface area contributed by atoms with Crippen molar-refractivity contribution in [2.45, 2.75) is 11.8 Å². The monoisotopic (exact) mass is 244 g/mol. The highest BCUT2D eigenvalue weighted by Crippen LogP contribution is 2.70. The van der Waals surface area contributed by atoms with Crippen molar-refractivity contribution < 1.29 is 40.8 Å². The molecule has 0 heterocycles. The van der Waals surface area contributed by atoms with Gasteiger partial charge in [-0.3, -0.25) is 4.79 Å². The van der Waals surface area contributed by atoms with Gasteiger partial charge in [0.15, 0.2) is 0 Å². The van der Waals surface area contributed by atoms with Gasteiger partial charge in [-0.25, -0.2) is 0 Å². The van der Waals surface area contributed by atoms with Gasteiger partial charge in [0, 0.05) is 0 Å². The van der Waals surface area contributed by atoms with Crippen molar-refractivity contribution in [2.24, 2.45) is 0 Å². The number of hydrogen-bond acceptors (Lipinski definition) is 2. The molecule has 0 bridgehead atoms. The van der Waals surface area contributed by atoms with Crippen molar-refractivity contribution in [3.05, 3.63) is 0 Å². The second kappa shape index (κ2) is 3.45. The van der Waals surface area contributed by atoms with Crippen LogP contribution in [0.4, 0.5) is 26.3 Å². The molecule has 0 saturated heterocycles. The van der Waals surface area contributed by atoms with Gasteiger partial charge >= 0.3 is 24.9 Å². The first kappa shape index (κ1) is 13.3. The number of aliphatic carboxylic acids is 1. The van der Waals surface area contributed by atoms with E-state index in [-0.39, 0.29) is 0 Å². The first-order valence-corrected chi connectivity index (χ1v) is 4.75. The molecule has 10 heteroatoms. The van der Waals surface area contributed by atoms with Crippen molar-refractivity contribution in [3.8, 4) is 0 Å². The molecular formula is C4H3F6O3P. The van der Waals surface area contributed by atoms with Crippen molar-refractivity contribution >= 4 is 13.1 Å². The van der Waals surface area contributed by atoms with E-state index in [1.165, 1.54) is 0 Å². The van der Waals surface area contributed by atoms with Gasteiger partial charge < -0.3 is 9.67 Å². The third-order valence-corrected chi connectivity index (χ3v) is 3.53. The van der Waals surface area contributed by atoms with E-state index in [9.17, 15) is 35.7 Å². The molecule has 0 aromatic heterocycles. The second-order valence-corrected chi connectivity index (χ2v) is 5.04.